The summed E-state index contributed by atoms with van der Waals surface area (Å²) in [5.74, 6) is 0.246. The molecule has 24 heavy (non-hydrogen) atoms. The quantitative estimate of drug-likeness (QED) is 0.763. The molecule has 1 aliphatic heterocycles. The maximum atomic E-state index is 11.9. The van der Waals surface area contributed by atoms with Crippen LogP contribution in [0.1, 0.15) is 20.1 Å². The number of nitrogens with one attached hydrogen (secondary N) is 1. The fraction of sp³-hybridized carbons (Fsp3) is 0.615. The van der Waals surface area contributed by atoms with Crippen LogP contribution in [-0.2, 0) is 18.3 Å². The summed E-state index contributed by atoms with van der Waals surface area (Å²) in [5, 5.41) is 0. The number of hydrogen-bond acceptors (Lipinski definition) is 8. The van der Waals surface area contributed by atoms with Crippen LogP contribution in [0.2, 0.25) is 0 Å². The van der Waals surface area contributed by atoms with Gasteiger partial charge in [0.05, 0.1) is 19.5 Å². The van der Waals surface area contributed by atoms with Crippen LogP contribution < -0.4 is 11.3 Å². The minimum Gasteiger partial charge on any atom is -0.369 e. The molecule has 2 aromatic heterocycles. The Kier molecular flexibility index (Phi) is 4.64. The van der Waals surface area contributed by atoms with Crippen LogP contribution in [0, 0.1) is 11.8 Å². The van der Waals surface area contributed by atoms with Gasteiger partial charge in [-0.15, -0.1) is 9.05 Å². The van der Waals surface area contributed by atoms with E-state index in [-0.39, 0.29) is 42.2 Å². The van der Waals surface area contributed by atoms with E-state index in [2.05, 4.69) is 19.5 Å². The highest BCUT2D eigenvalue weighted by molar-refractivity contribution is 7.33. The van der Waals surface area contributed by atoms with Gasteiger partial charge in [-0.1, -0.05) is 13.8 Å². The summed E-state index contributed by atoms with van der Waals surface area (Å²) in [7, 11) is -0.834. The summed E-state index contributed by atoms with van der Waals surface area (Å²) in [6.07, 6.45) is 0.864. The van der Waals surface area contributed by atoms with E-state index >= 15 is 0 Å². The zero-order chi connectivity index (χ0) is 17.4. The van der Waals surface area contributed by atoms with Crippen LogP contribution in [0.4, 0.5) is 5.95 Å². The minimum atomic E-state index is -2.15. The largest absolute Gasteiger partial charge is 0.697 e. The van der Waals surface area contributed by atoms with Crippen molar-refractivity contribution in [1.82, 2.24) is 19.5 Å². The molecule has 5 unspecified atom stereocenters. The Balaban J connectivity index is 1.87. The summed E-state index contributed by atoms with van der Waals surface area (Å²) in [6.45, 7) is 4.19. The lowest BCUT2D eigenvalue weighted by molar-refractivity contribution is -0.0298. The predicted octanol–water partition coefficient (Wildman–Crippen LogP) is 1.19. The number of aromatic amines is 1. The first-order chi connectivity index (χ1) is 11.4. The van der Waals surface area contributed by atoms with Crippen LogP contribution >= 0.6 is 8.25 Å². The maximum absolute atomic E-state index is 11.9. The molecule has 0 amide bonds. The van der Waals surface area contributed by atoms with Crippen molar-refractivity contribution in [3.05, 3.63) is 16.7 Å². The zero-order valence-electron chi connectivity index (χ0n) is 13.5. The molecule has 3 heterocycles. The van der Waals surface area contributed by atoms with E-state index in [1.165, 1.54) is 13.4 Å². The van der Waals surface area contributed by atoms with Crippen molar-refractivity contribution in [2.24, 2.45) is 11.8 Å². The topological polar surface area (TPSA) is 134 Å². The van der Waals surface area contributed by atoms with Crippen molar-refractivity contribution in [2.75, 3.05) is 19.5 Å². The Morgan fingerprint density at radius 2 is 2.21 bits per heavy atom. The second kappa shape index (κ2) is 6.56. The lowest BCUT2D eigenvalue weighted by Gasteiger charge is -2.17. The molecular formula is C13H19N5O5P+. The Morgan fingerprint density at radius 1 is 1.46 bits per heavy atom. The summed E-state index contributed by atoms with van der Waals surface area (Å²) in [6, 6.07) is 0. The van der Waals surface area contributed by atoms with Crippen molar-refractivity contribution in [2.45, 2.75) is 26.2 Å². The summed E-state index contributed by atoms with van der Waals surface area (Å²) < 4.78 is 28.8. The standard InChI is InChI=1S/C13H18N5O5P/c1-6-7(2)12(23-8(6)4-22-24(20)21-3)18-5-15-9-10(18)16-13(14)17-11(9)19/h5-8,12H,4H2,1-3H3,(H2-,14,16,17,19)/p+1. The smallest absolute Gasteiger partial charge is 0.369 e. The van der Waals surface area contributed by atoms with E-state index < -0.39 is 13.8 Å². The predicted molar refractivity (Wildman–Crippen MR) is 85.4 cm³/mol. The highest BCUT2D eigenvalue weighted by Gasteiger charge is 2.42. The van der Waals surface area contributed by atoms with Gasteiger partial charge in [0.15, 0.2) is 11.2 Å². The number of rotatable bonds is 5. The molecule has 5 atom stereocenters. The van der Waals surface area contributed by atoms with Gasteiger partial charge in [-0.25, -0.2) is 4.98 Å². The molecule has 3 N–H and O–H groups in total. The first-order valence-electron chi connectivity index (χ1n) is 7.44. The number of nitrogens with two attached hydrogens (primary N) is 1. The van der Waals surface area contributed by atoms with E-state index in [0.717, 1.165) is 0 Å². The second-order valence-corrected chi connectivity index (χ2v) is 6.83. The SMILES string of the molecule is CO[P+](=O)OCC1OC(n2cnc3c(=O)[nH]c(N)nc32)C(C)C1C. The van der Waals surface area contributed by atoms with Crippen LogP contribution in [0.25, 0.3) is 11.2 Å². The number of nitrogen functional groups attached to an aromatic ring is 1. The normalized spacial score (nSPS) is 27.7. The van der Waals surface area contributed by atoms with E-state index in [1.807, 2.05) is 13.8 Å². The zero-order valence-corrected chi connectivity index (χ0v) is 14.4. The molecule has 11 heteroatoms. The number of imidazole rings is 1. The average molecular weight is 356 g/mol. The number of anilines is 1. The van der Waals surface area contributed by atoms with Gasteiger partial charge in [0.2, 0.25) is 5.95 Å². The van der Waals surface area contributed by atoms with Crippen molar-refractivity contribution < 1.29 is 18.3 Å². The molecule has 1 saturated heterocycles. The third-order valence-electron chi connectivity index (χ3n) is 4.40. The van der Waals surface area contributed by atoms with Gasteiger partial charge >= 0.3 is 8.25 Å². The fourth-order valence-electron chi connectivity index (χ4n) is 2.85. The van der Waals surface area contributed by atoms with E-state index in [0.29, 0.717) is 5.65 Å². The molecule has 0 radical (unpaired) electrons. The van der Waals surface area contributed by atoms with Crippen LogP contribution in [0.5, 0.6) is 0 Å². The molecule has 1 aliphatic rings. The summed E-state index contributed by atoms with van der Waals surface area (Å²) >= 11 is 0. The minimum absolute atomic E-state index is 0.0184. The average Bonchev–Trinajstić information content (AvgIpc) is 3.08. The lowest BCUT2D eigenvalue weighted by Crippen LogP contribution is -2.20. The third kappa shape index (κ3) is 2.93. The molecule has 3 rings (SSSR count). The van der Waals surface area contributed by atoms with Gasteiger partial charge in [-0.3, -0.25) is 14.3 Å². The van der Waals surface area contributed by atoms with Crippen molar-refractivity contribution in [1.29, 1.82) is 0 Å². The first kappa shape index (κ1) is 17.0. The number of H-pyrrole nitrogens is 1. The van der Waals surface area contributed by atoms with Gasteiger partial charge in [0.25, 0.3) is 5.56 Å². The molecule has 0 saturated carbocycles. The Labute approximate surface area is 138 Å². The Hall–Kier alpha value is -1.87. The summed E-state index contributed by atoms with van der Waals surface area (Å²) in [5.41, 5.74) is 5.79. The monoisotopic (exact) mass is 356 g/mol. The number of nitrogens with zero attached hydrogens (tertiary/aromatic N) is 3. The van der Waals surface area contributed by atoms with Gasteiger partial charge in [-0.05, 0) is 5.92 Å². The first-order valence-corrected chi connectivity index (χ1v) is 8.54. The van der Waals surface area contributed by atoms with E-state index in [9.17, 15) is 9.36 Å². The number of ether oxygens (including phenoxy) is 1. The molecule has 130 valence electrons. The maximum Gasteiger partial charge on any atom is 0.697 e. The Bertz CT molecular complexity index is 821. The lowest BCUT2D eigenvalue weighted by atomic mass is 9.93. The highest BCUT2D eigenvalue weighted by atomic mass is 31.1. The molecule has 0 bridgehead atoms. The van der Waals surface area contributed by atoms with Gasteiger partial charge in [-0.2, -0.15) is 4.98 Å². The van der Waals surface area contributed by atoms with Gasteiger partial charge in [0, 0.05) is 10.5 Å². The molecule has 1 fully saturated rings. The van der Waals surface area contributed by atoms with Crippen molar-refractivity contribution in [3.8, 4) is 0 Å². The van der Waals surface area contributed by atoms with Crippen LogP contribution in [-0.4, -0.2) is 39.3 Å². The highest BCUT2D eigenvalue weighted by Crippen LogP contribution is 2.40. The second-order valence-electron chi connectivity index (χ2n) is 5.76. The number of fused-ring (bicyclic) bond motifs is 1. The van der Waals surface area contributed by atoms with E-state index in [1.54, 1.807) is 4.57 Å². The summed E-state index contributed by atoms with van der Waals surface area (Å²) in [4.78, 5) is 22.6. The number of aromatic nitrogens is 4. The van der Waals surface area contributed by atoms with Crippen LogP contribution in [0.3, 0.4) is 0 Å². The molecule has 0 aliphatic carbocycles. The van der Waals surface area contributed by atoms with Gasteiger partial charge < -0.3 is 10.5 Å². The molecule has 0 aromatic carbocycles. The molecule has 0 spiro atoms. The fourth-order valence-corrected chi connectivity index (χ4v) is 3.23. The Morgan fingerprint density at radius 3 is 2.92 bits per heavy atom. The van der Waals surface area contributed by atoms with Crippen LogP contribution in [0.15, 0.2) is 11.1 Å². The molecule has 2 aromatic rings. The molecule has 10 nitrogen and oxygen atoms in total. The third-order valence-corrected chi connectivity index (χ3v) is 5.06. The van der Waals surface area contributed by atoms with Crippen molar-refractivity contribution >= 4 is 25.4 Å². The van der Waals surface area contributed by atoms with Crippen molar-refractivity contribution in [3.63, 3.8) is 0 Å². The van der Waals surface area contributed by atoms with E-state index in [4.69, 9.17) is 15.0 Å². The molecular weight excluding hydrogens is 337 g/mol. The number of hydrogen-bond donors (Lipinski definition) is 2. The van der Waals surface area contributed by atoms with Gasteiger partial charge in [0.1, 0.15) is 12.8 Å².